The lowest BCUT2D eigenvalue weighted by Gasteiger charge is -2.49. The van der Waals surface area contributed by atoms with Crippen molar-refractivity contribution in [1.29, 1.82) is 0 Å². The molecule has 19 N–H and O–H groups in total. The highest BCUT2D eigenvalue weighted by Crippen LogP contribution is 2.40. The van der Waals surface area contributed by atoms with Gasteiger partial charge in [0.25, 0.3) is 0 Å². The standard InChI is InChI=1S/C42H68O34/c43-1-8-15(48)16(49)22(55)37(65-8)75-32-13-6-62-34(32)26(59)41(69-13)74-31-12(5-47)67-39(24(57)19(31)52)72-29-10(3-45)68-40(25(58)20(29)53)76-33-14-7-63-35(33)27(60)42(70-14)73-30-11(4-46)66-38(23(56)18(30)51)71-28-9(2-44)64-36(61)21(54)17(28)50/h8-61H,1-7H2/t8-,9-,10-,11-,12-,13-,14-,15-,16+,17-,18-,19-,20-,21-,22-,23-,24-,25-,26-,27-,28-,29-,30-,31-,32-,33-,34-,35-,36?,37-,38-,39-,40-,41-,42-/m1/s1. The lowest BCUT2D eigenvalue weighted by molar-refractivity contribution is -0.387. The molecule has 1 unspecified atom stereocenters. The van der Waals surface area contributed by atoms with Crippen molar-refractivity contribution >= 4 is 0 Å². The number of hydrogen-bond donors (Lipinski definition) is 19. The first-order valence-electron chi connectivity index (χ1n) is 24.6. The third kappa shape index (κ3) is 11.2. The molecule has 0 aliphatic carbocycles. The topological polar surface area (TPSA) is 523 Å². The van der Waals surface area contributed by atoms with Crippen LogP contribution in [-0.4, -0.2) is 358 Å². The van der Waals surface area contributed by atoms with Gasteiger partial charge in [-0.3, -0.25) is 0 Å². The number of ether oxygens (including phenoxy) is 15. The fourth-order valence-electron chi connectivity index (χ4n) is 10.7. The van der Waals surface area contributed by atoms with E-state index in [-0.39, 0.29) is 13.2 Å². The molecule has 76 heavy (non-hydrogen) atoms. The van der Waals surface area contributed by atoms with Gasteiger partial charge in [-0.15, -0.1) is 0 Å². The molecule has 9 aliphatic rings. The van der Waals surface area contributed by atoms with Crippen LogP contribution in [0.1, 0.15) is 0 Å². The predicted molar refractivity (Wildman–Crippen MR) is 225 cm³/mol. The second-order valence-corrected chi connectivity index (χ2v) is 19.8. The largest absolute Gasteiger partial charge is 0.394 e. The summed E-state index contributed by atoms with van der Waals surface area (Å²) in [5, 5.41) is 201. The van der Waals surface area contributed by atoms with E-state index >= 15 is 0 Å². The zero-order valence-electron chi connectivity index (χ0n) is 39.8. The molecule has 9 heterocycles. The van der Waals surface area contributed by atoms with Crippen LogP contribution in [-0.2, 0) is 71.1 Å². The van der Waals surface area contributed by atoms with Crippen molar-refractivity contribution < 1.29 is 168 Å². The maximum absolute atomic E-state index is 11.4. The van der Waals surface area contributed by atoms with Gasteiger partial charge in [0.2, 0.25) is 0 Å². The first kappa shape index (κ1) is 59.3. The van der Waals surface area contributed by atoms with Crippen molar-refractivity contribution in [3.8, 4) is 0 Å². The molecule has 0 aromatic rings. The van der Waals surface area contributed by atoms with Gasteiger partial charge in [0.05, 0.1) is 46.2 Å². The van der Waals surface area contributed by atoms with E-state index in [2.05, 4.69) is 0 Å². The summed E-state index contributed by atoms with van der Waals surface area (Å²) in [4.78, 5) is 0. The van der Waals surface area contributed by atoms with Crippen molar-refractivity contribution in [2.45, 2.75) is 215 Å². The van der Waals surface area contributed by atoms with Gasteiger partial charge in [-0.25, -0.2) is 0 Å². The average Bonchev–Trinajstić information content (AvgIpc) is 3.92. The number of rotatable bonds is 17. The van der Waals surface area contributed by atoms with Gasteiger partial charge < -0.3 is 168 Å². The van der Waals surface area contributed by atoms with Crippen LogP contribution in [0.25, 0.3) is 0 Å². The summed E-state index contributed by atoms with van der Waals surface area (Å²) in [5.41, 5.74) is 0. The molecular weight excluding hydrogens is 1050 g/mol. The van der Waals surface area contributed by atoms with Gasteiger partial charge in [-0.05, 0) is 0 Å². The van der Waals surface area contributed by atoms with E-state index in [9.17, 15) is 97.0 Å². The third-order valence-corrected chi connectivity index (χ3v) is 15.0. The van der Waals surface area contributed by atoms with Crippen molar-refractivity contribution in [1.82, 2.24) is 0 Å². The molecule has 9 aliphatic heterocycles. The minimum Gasteiger partial charge on any atom is -0.394 e. The summed E-state index contributed by atoms with van der Waals surface area (Å²) in [7, 11) is 0. The molecule has 0 aromatic heterocycles. The Bertz CT molecular complexity index is 1840. The third-order valence-electron chi connectivity index (χ3n) is 15.0. The Hall–Kier alpha value is -1.36. The molecule has 9 fully saturated rings. The molecule has 34 nitrogen and oxygen atoms in total. The van der Waals surface area contributed by atoms with Crippen LogP contribution in [0, 0.1) is 0 Å². The molecule has 35 atom stereocenters. The summed E-state index contributed by atoms with van der Waals surface area (Å²) in [6, 6.07) is 0. The van der Waals surface area contributed by atoms with Crippen molar-refractivity contribution in [3.63, 3.8) is 0 Å². The summed E-state index contributed by atoms with van der Waals surface area (Å²) in [5.74, 6) is 0. The quantitative estimate of drug-likeness (QED) is 0.0643. The van der Waals surface area contributed by atoms with E-state index in [0.717, 1.165) is 0 Å². The molecule has 440 valence electrons. The maximum atomic E-state index is 11.4. The lowest BCUT2D eigenvalue weighted by Crippen LogP contribution is -2.67. The summed E-state index contributed by atoms with van der Waals surface area (Å²) in [6.45, 7) is -4.77. The van der Waals surface area contributed by atoms with E-state index in [1.165, 1.54) is 0 Å². The van der Waals surface area contributed by atoms with Crippen molar-refractivity contribution in [2.75, 3.05) is 46.2 Å². The molecule has 0 saturated carbocycles. The van der Waals surface area contributed by atoms with Crippen LogP contribution in [0.3, 0.4) is 0 Å². The first-order chi connectivity index (χ1) is 36.2. The predicted octanol–water partition coefficient (Wildman–Crippen LogP) is -14.2. The fraction of sp³-hybridized carbons (Fsp3) is 1.00. The Morgan fingerprint density at radius 3 is 0.882 bits per heavy atom. The van der Waals surface area contributed by atoms with Gasteiger partial charge in [-0.1, -0.05) is 0 Å². The second-order valence-electron chi connectivity index (χ2n) is 19.8. The molecule has 9 rings (SSSR count). The Kier molecular flexibility index (Phi) is 19.2. The molecule has 0 aromatic carbocycles. The van der Waals surface area contributed by atoms with Crippen molar-refractivity contribution in [2.24, 2.45) is 0 Å². The van der Waals surface area contributed by atoms with Crippen molar-refractivity contribution in [3.05, 3.63) is 0 Å². The zero-order chi connectivity index (χ0) is 54.8. The molecule has 9 saturated heterocycles. The molecule has 34 heteroatoms. The summed E-state index contributed by atoms with van der Waals surface area (Å²) >= 11 is 0. The van der Waals surface area contributed by atoms with Crippen LogP contribution in [0.2, 0.25) is 0 Å². The van der Waals surface area contributed by atoms with Crippen LogP contribution in [0.5, 0.6) is 0 Å². The summed E-state index contributed by atoms with van der Waals surface area (Å²) in [6.07, 6.45) is -58.3. The molecular formula is C42H68O34. The van der Waals surface area contributed by atoms with E-state index in [0.29, 0.717) is 0 Å². The van der Waals surface area contributed by atoms with Crippen LogP contribution >= 0.6 is 0 Å². The molecule has 0 amide bonds. The maximum Gasteiger partial charge on any atom is 0.187 e. The first-order valence-corrected chi connectivity index (χ1v) is 24.6. The monoisotopic (exact) mass is 1120 g/mol. The van der Waals surface area contributed by atoms with E-state index < -0.39 is 248 Å². The van der Waals surface area contributed by atoms with Crippen LogP contribution in [0.4, 0.5) is 0 Å². The molecule has 0 spiro atoms. The van der Waals surface area contributed by atoms with Gasteiger partial charge in [0.15, 0.2) is 44.0 Å². The van der Waals surface area contributed by atoms with Gasteiger partial charge in [-0.2, -0.15) is 0 Å². The van der Waals surface area contributed by atoms with Crippen LogP contribution in [0.15, 0.2) is 0 Å². The van der Waals surface area contributed by atoms with Crippen LogP contribution < -0.4 is 0 Å². The van der Waals surface area contributed by atoms with E-state index in [1.807, 2.05) is 0 Å². The Morgan fingerprint density at radius 2 is 0.539 bits per heavy atom. The Labute approximate surface area is 428 Å². The zero-order valence-corrected chi connectivity index (χ0v) is 39.8. The normalized spacial score (nSPS) is 55.7. The molecule has 4 bridgehead atoms. The van der Waals surface area contributed by atoms with Gasteiger partial charge >= 0.3 is 0 Å². The number of aliphatic hydroxyl groups excluding tert-OH is 19. The Balaban J connectivity index is 0.779. The highest BCUT2D eigenvalue weighted by molar-refractivity contribution is 5.03. The average molecular weight is 1120 g/mol. The van der Waals surface area contributed by atoms with Gasteiger partial charge in [0, 0.05) is 0 Å². The van der Waals surface area contributed by atoms with Gasteiger partial charge in [0.1, 0.15) is 171 Å². The second kappa shape index (κ2) is 24.6. The molecule has 0 radical (unpaired) electrons. The van der Waals surface area contributed by atoms with E-state index in [4.69, 9.17) is 71.1 Å². The highest BCUT2D eigenvalue weighted by Gasteiger charge is 2.61. The Morgan fingerprint density at radius 1 is 0.263 bits per heavy atom. The minimum atomic E-state index is -2.06. The highest BCUT2D eigenvalue weighted by atomic mass is 16.8. The smallest absolute Gasteiger partial charge is 0.187 e. The fourth-order valence-corrected chi connectivity index (χ4v) is 10.7. The number of hydrogen-bond acceptors (Lipinski definition) is 34. The number of fused-ring (bicyclic) bond motifs is 4. The lowest BCUT2D eigenvalue weighted by atomic mass is 9.96. The SMILES string of the molecule is OC[C@H]1O[C@H](O[C@H]2[C@@H]3OC[C@H]2O[C@H](O[C@H]2[C@H](O)[C@@H](O)[C@@H](O[C@H]4[C@H](O)[C@@H](O)[C@@H](O[C@H]5[C@@H]6OC[C@H]5O[C@H](O[C@H]5[C@H](O)[C@@H](O)[C@@H](O[C@H]7[C@H](O)[C@@H](O)C(O)O[C@@H]7CO)O[C@@H]5CO)[C@@H]6O)O[C@@H]4CO)O[C@@H]2CO)[C@@H]3O)[C@H](O)[C@@H](O)[C@@H]1O. The summed E-state index contributed by atoms with van der Waals surface area (Å²) < 4.78 is 85.4. The minimum absolute atomic E-state index is 0.199. The number of aliphatic hydroxyl groups is 19. The van der Waals surface area contributed by atoms with E-state index in [1.54, 1.807) is 0 Å².